The summed E-state index contributed by atoms with van der Waals surface area (Å²) in [5.41, 5.74) is -0.654. The Hall–Kier alpha value is -0.0800. The molecule has 1 N–H and O–H groups in total. The van der Waals surface area contributed by atoms with E-state index in [1.54, 1.807) is 0 Å². The molecule has 1 aliphatic rings. The molecule has 1 rings (SSSR count). The van der Waals surface area contributed by atoms with Gasteiger partial charge in [0.25, 0.3) is 0 Å². The number of hydrogen-bond donors (Lipinski definition) is 1. The van der Waals surface area contributed by atoms with E-state index in [-0.39, 0.29) is 5.60 Å². The zero-order valence-electron chi connectivity index (χ0n) is 21.1. The third kappa shape index (κ3) is 13.0. The first-order valence-electron chi connectivity index (χ1n) is 12.9. The lowest BCUT2D eigenvalue weighted by Gasteiger charge is -2.37. The lowest BCUT2D eigenvalue weighted by Crippen LogP contribution is -2.34. The molecule has 29 heavy (non-hydrogen) atoms. The fourth-order valence-corrected chi connectivity index (χ4v) is 5.09. The molecule has 174 valence electrons. The van der Waals surface area contributed by atoms with Crippen molar-refractivity contribution in [2.24, 2.45) is 23.7 Å². The van der Waals surface area contributed by atoms with Crippen LogP contribution in [-0.2, 0) is 4.74 Å². The van der Waals surface area contributed by atoms with Crippen LogP contribution in [0.4, 0.5) is 0 Å². The lowest BCUT2D eigenvalue weighted by molar-refractivity contribution is -0.0740. The van der Waals surface area contributed by atoms with Crippen molar-refractivity contribution in [2.75, 3.05) is 6.61 Å². The van der Waals surface area contributed by atoms with Crippen LogP contribution in [0.1, 0.15) is 132 Å². The first-order valence-corrected chi connectivity index (χ1v) is 12.9. The molecule has 0 spiro atoms. The Morgan fingerprint density at radius 1 is 0.966 bits per heavy atom. The second-order valence-electron chi connectivity index (χ2n) is 11.7. The predicted octanol–water partition coefficient (Wildman–Crippen LogP) is 8.16. The second-order valence-corrected chi connectivity index (χ2v) is 11.7. The van der Waals surface area contributed by atoms with Crippen LogP contribution >= 0.6 is 0 Å². The average Bonchev–Trinajstić information content (AvgIpc) is 2.60. The van der Waals surface area contributed by atoms with Gasteiger partial charge in [-0.2, -0.15) is 0 Å². The van der Waals surface area contributed by atoms with Gasteiger partial charge in [-0.1, -0.05) is 85.5 Å². The van der Waals surface area contributed by atoms with Crippen molar-refractivity contribution in [1.29, 1.82) is 0 Å². The van der Waals surface area contributed by atoms with Gasteiger partial charge in [0.05, 0.1) is 17.8 Å². The van der Waals surface area contributed by atoms with Gasteiger partial charge in [-0.15, -0.1) is 0 Å². The maximum Gasteiger partial charge on any atom is 0.0654 e. The van der Waals surface area contributed by atoms with Gasteiger partial charge in [0.2, 0.25) is 0 Å². The second kappa shape index (κ2) is 13.4. The van der Waals surface area contributed by atoms with E-state index in [0.717, 1.165) is 30.1 Å². The fourth-order valence-electron chi connectivity index (χ4n) is 5.09. The molecular weight excluding hydrogens is 356 g/mol. The monoisotopic (exact) mass is 410 g/mol. The Morgan fingerprint density at radius 3 is 2.24 bits per heavy atom. The molecule has 2 heteroatoms. The summed E-state index contributed by atoms with van der Waals surface area (Å²) >= 11 is 0. The highest BCUT2D eigenvalue weighted by Crippen LogP contribution is 2.38. The van der Waals surface area contributed by atoms with Gasteiger partial charge in [0.1, 0.15) is 0 Å². The minimum atomic E-state index is -0.628. The standard InChI is InChI=1S/C27H54O2/c1-8-27(7,29-19-18-26(5,6)28)21-25-17-11-16-24(20-25)15-10-14-23(4)13-9-12-22(2)3/h22-25,28H,8-21H2,1-7H3. The van der Waals surface area contributed by atoms with Crippen LogP contribution in [-0.4, -0.2) is 22.9 Å². The molecule has 1 fully saturated rings. The van der Waals surface area contributed by atoms with Crippen LogP contribution in [0.15, 0.2) is 0 Å². The first kappa shape index (κ1) is 27.0. The molecule has 0 bridgehead atoms. The molecule has 2 nitrogen and oxygen atoms in total. The molecule has 0 heterocycles. The third-order valence-electron chi connectivity index (χ3n) is 7.31. The summed E-state index contributed by atoms with van der Waals surface area (Å²) in [5.74, 6) is 3.52. The summed E-state index contributed by atoms with van der Waals surface area (Å²) in [4.78, 5) is 0. The molecule has 4 atom stereocenters. The van der Waals surface area contributed by atoms with E-state index in [2.05, 4.69) is 34.6 Å². The van der Waals surface area contributed by atoms with Crippen molar-refractivity contribution in [3.8, 4) is 0 Å². The van der Waals surface area contributed by atoms with E-state index in [4.69, 9.17) is 4.74 Å². The van der Waals surface area contributed by atoms with E-state index in [1.807, 2.05) is 13.8 Å². The number of rotatable bonds is 15. The van der Waals surface area contributed by atoms with Gasteiger partial charge in [0, 0.05) is 0 Å². The molecule has 0 aromatic rings. The van der Waals surface area contributed by atoms with Crippen molar-refractivity contribution in [1.82, 2.24) is 0 Å². The summed E-state index contributed by atoms with van der Waals surface area (Å²) in [6, 6.07) is 0. The molecule has 4 unspecified atom stereocenters. The zero-order valence-corrected chi connectivity index (χ0v) is 21.1. The zero-order chi connectivity index (χ0) is 21.9. The van der Waals surface area contributed by atoms with Crippen molar-refractivity contribution < 1.29 is 9.84 Å². The Kier molecular flexibility index (Phi) is 12.4. The van der Waals surface area contributed by atoms with E-state index in [1.165, 1.54) is 70.6 Å². The fraction of sp³-hybridized carbons (Fsp3) is 1.00. The van der Waals surface area contributed by atoms with Crippen molar-refractivity contribution >= 4 is 0 Å². The third-order valence-corrected chi connectivity index (χ3v) is 7.31. The van der Waals surface area contributed by atoms with E-state index < -0.39 is 5.60 Å². The Labute approximate surface area is 183 Å². The maximum atomic E-state index is 9.96. The highest BCUT2D eigenvalue weighted by Gasteiger charge is 2.31. The van der Waals surface area contributed by atoms with Gasteiger partial charge < -0.3 is 9.84 Å². The normalized spacial score (nSPS) is 23.9. The van der Waals surface area contributed by atoms with Crippen LogP contribution in [0, 0.1) is 23.7 Å². The Bertz CT molecular complexity index is 411. The Morgan fingerprint density at radius 2 is 1.62 bits per heavy atom. The van der Waals surface area contributed by atoms with Gasteiger partial charge in [-0.3, -0.25) is 0 Å². The number of ether oxygens (including phenoxy) is 1. The molecule has 0 amide bonds. The van der Waals surface area contributed by atoms with Gasteiger partial charge >= 0.3 is 0 Å². The number of aliphatic hydroxyl groups is 1. The van der Waals surface area contributed by atoms with Gasteiger partial charge in [0.15, 0.2) is 0 Å². The van der Waals surface area contributed by atoms with E-state index in [9.17, 15) is 5.11 Å². The minimum Gasteiger partial charge on any atom is -0.390 e. The summed E-state index contributed by atoms with van der Waals surface area (Å²) in [6.07, 6.45) is 17.1. The largest absolute Gasteiger partial charge is 0.390 e. The summed E-state index contributed by atoms with van der Waals surface area (Å²) in [6.45, 7) is 16.1. The lowest BCUT2D eigenvalue weighted by atomic mass is 9.74. The van der Waals surface area contributed by atoms with Crippen LogP contribution in [0.2, 0.25) is 0 Å². The van der Waals surface area contributed by atoms with Crippen molar-refractivity contribution in [3.63, 3.8) is 0 Å². The molecule has 1 saturated carbocycles. The van der Waals surface area contributed by atoms with Crippen molar-refractivity contribution in [3.05, 3.63) is 0 Å². The predicted molar refractivity (Wildman–Crippen MR) is 127 cm³/mol. The van der Waals surface area contributed by atoms with Crippen LogP contribution < -0.4 is 0 Å². The quantitative estimate of drug-likeness (QED) is 0.295. The smallest absolute Gasteiger partial charge is 0.0654 e. The van der Waals surface area contributed by atoms with Crippen LogP contribution in [0.5, 0.6) is 0 Å². The van der Waals surface area contributed by atoms with E-state index >= 15 is 0 Å². The van der Waals surface area contributed by atoms with E-state index in [0.29, 0.717) is 13.0 Å². The molecule has 0 aliphatic heterocycles. The van der Waals surface area contributed by atoms with Crippen LogP contribution in [0.25, 0.3) is 0 Å². The average molecular weight is 411 g/mol. The Balaban J connectivity index is 2.31. The summed E-state index contributed by atoms with van der Waals surface area (Å²) in [7, 11) is 0. The van der Waals surface area contributed by atoms with Crippen molar-refractivity contribution in [2.45, 2.75) is 143 Å². The topological polar surface area (TPSA) is 29.5 Å². The molecule has 0 aromatic carbocycles. The summed E-state index contributed by atoms with van der Waals surface area (Å²) in [5, 5.41) is 9.96. The van der Waals surface area contributed by atoms with Gasteiger partial charge in [-0.25, -0.2) is 0 Å². The van der Waals surface area contributed by atoms with Gasteiger partial charge in [-0.05, 0) is 70.1 Å². The van der Waals surface area contributed by atoms with Crippen LogP contribution in [0.3, 0.4) is 0 Å². The SMILES string of the molecule is CCC(C)(CC1CCCC(CCCC(C)CCCC(C)C)C1)OCCC(C)(C)O. The molecule has 1 aliphatic carbocycles. The summed E-state index contributed by atoms with van der Waals surface area (Å²) < 4.78 is 6.30. The molecule has 0 radical (unpaired) electrons. The minimum absolute atomic E-state index is 0.0251. The highest BCUT2D eigenvalue weighted by molar-refractivity contribution is 4.82. The molecule has 0 aromatic heterocycles. The highest BCUT2D eigenvalue weighted by atomic mass is 16.5. The molecule has 0 saturated heterocycles. The maximum absolute atomic E-state index is 9.96. The number of hydrogen-bond acceptors (Lipinski definition) is 2. The molecular formula is C27H54O2. The first-order chi connectivity index (χ1) is 13.5.